The molecule has 0 saturated heterocycles. The summed E-state index contributed by atoms with van der Waals surface area (Å²) in [5.41, 5.74) is 1.41. The minimum absolute atomic E-state index is 0.312. The summed E-state index contributed by atoms with van der Waals surface area (Å²) in [6.07, 6.45) is 0. The number of carbonyl (C=O) groups excluding carboxylic acids is 1. The van der Waals surface area contributed by atoms with Gasteiger partial charge >= 0.3 is 5.97 Å². The molecule has 0 unspecified atom stereocenters. The number of hydrogen-bond donors (Lipinski definition) is 0. The van der Waals surface area contributed by atoms with Crippen LogP contribution >= 0.6 is 11.6 Å². The van der Waals surface area contributed by atoms with Crippen LogP contribution in [0, 0.1) is 0 Å². The fourth-order valence-electron chi connectivity index (χ4n) is 0.846. The Balaban J connectivity index is 0. The lowest BCUT2D eigenvalue weighted by atomic mass is 10.2. The van der Waals surface area contributed by atoms with Crippen molar-refractivity contribution >= 4 is 17.6 Å². The first-order chi connectivity index (χ1) is 9.34. The summed E-state index contributed by atoms with van der Waals surface area (Å²) in [5, 5.41) is 0. The maximum atomic E-state index is 11.0. The van der Waals surface area contributed by atoms with E-state index in [9.17, 15) is 4.79 Å². The highest BCUT2D eigenvalue weighted by Gasteiger charge is 2.02. The monoisotopic (exact) mass is 299 g/mol. The minimum atomic E-state index is -0.344. The molecule has 0 aliphatic carbocycles. The molecule has 1 aromatic carbocycles. The minimum Gasteiger partial charge on any atom is -0.457 e. The molecule has 0 heterocycles. The van der Waals surface area contributed by atoms with Crippen LogP contribution in [-0.2, 0) is 16.1 Å². The second-order valence-electron chi connectivity index (χ2n) is 4.45. The second-order valence-corrected chi connectivity index (χ2v) is 4.99. The van der Waals surface area contributed by atoms with E-state index >= 15 is 0 Å². The Morgan fingerprint density at radius 3 is 2.00 bits per heavy atom. The van der Waals surface area contributed by atoms with Gasteiger partial charge in [0.25, 0.3) is 0 Å². The molecule has 3 nitrogen and oxygen atoms in total. The van der Waals surface area contributed by atoms with Crippen LogP contribution in [0.4, 0.5) is 0 Å². The number of rotatable bonds is 3. The highest BCUT2D eigenvalue weighted by atomic mass is 35.5. The number of carbonyl (C=O) groups is 1. The van der Waals surface area contributed by atoms with Gasteiger partial charge in [0.2, 0.25) is 0 Å². The van der Waals surface area contributed by atoms with Crippen molar-refractivity contribution < 1.29 is 9.53 Å². The van der Waals surface area contributed by atoms with Crippen molar-refractivity contribution in [2.24, 2.45) is 0 Å². The van der Waals surface area contributed by atoms with Gasteiger partial charge < -0.3 is 9.64 Å². The largest absolute Gasteiger partial charge is 0.457 e. The van der Waals surface area contributed by atoms with Gasteiger partial charge in [-0.05, 0) is 33.6 Å². The number of esters is 1. The lowest BCUT2D eigenvalue weighted by Crippen LogP contribution is -2.04. The van der Waals surface area contributed by atoms with Gasteiger partial charge in [0.1, 0.15) is 6.61 Å². The predicted octanol–water partition coefficient (Wildman–Crippen LogP) is 3.73. The Morgan fingerprint density at radius 1 is 1.25 bits per heavy atom. The van der Waals surface area contributed by atoms with Gasteiger partial charge in [-0.25, -0.2) is 4.79 Å². The molecule has 20 heavy (non-hydrogen) atoms. The second kappa shape index (κ2) is 14.1. The summed E-state index contributed by atoms with van der Waals surface area (Å²) in [6, 6.07) is 9.55. The zero-order valence-electron chi connectivity index (χ0n) is 13.1. The van der Waals surface area contributed by atoms with Crippen LogP contribution in [-0.4, -0.2) is 37.9 Å². The average molecular weight is 300 g/mol. The zero-order valence-corrected chi connectivity index (χ0v) is 13.9. The van der Waals surface area contributed by atoms with E-state index in [1.54, 1.807) is 6.92 Å². The molecule has 0 aromatic heterocycles. The molecular formula is C16H26ClNO2. The SMILES string of the molecule is C=C(C)C(=O)OCc1ccccc1.CCCl.CN(C)C. The summed E-state index contributed by atoms with van der Waals surface area (Å²) < 4.78 is 4.95. The number of hydrogen-bond acceptors (Lipinski definition) is 3. The molecule has 0 spiro atoms. The molecule has 0 fully saturated rings. The Morgan fingerprint density at radius 2 is 1.65 bits per heavy atom. The van der Waals surface area contributed by atoms with E-state index < -0.39 is 0 Å². The standard InChI is InChI=1S/C11H12O2.C3H9N.C2H5Cl/c1-9(2)11(12)13-8-10-6-4-3-5-7-10;1-4(2)3;1-2-3/h3-7H,1,8H2,2H3;1-3H3;2H2,1H3. The maximum Gasteiger partial charge on any atom is 0.333 e. The average Bonchev–Trinajstić information content (AvgIpc) is 2.37. The molecule has 4 heteroatoms. The molecule has 0 atom stereocenters. The molecule has 0 N–H and O–H groups in total. The van der Waals surface area contributed by atoms with Crippen molar-refractivity contribution in [2.75, 3.05) is 27.0 Å². The third-order valence-electron chi connectivity index (χ3n) is 1.56. The third-order valence-corrected chi connectivity index (χ3v) is 1.56. The normalized spacial score (nSPS) is 8.75. The molecule has 114 valence electrons. The summed E-state index contributed by atoms with van der Waals surface area (Å²) in [5.74, 6) is 0.379. The van der Waals surface area contributed by atoms with E-state index in [0.717, 1.165) is 11.4 Å². The van der Waals surface area contributed by atoms with Gasteiger partial charge in [-0.2, -0.15) is 0 Å². The quantitative estimate of drug-likeness (QED) is 0.484. The summed E-state index contributed by atoms with van der Waals surface area (Å²) in [4.78, 5) is 13.0. The van der Waals surface area contributed by atoms with Crippen molar-refractivity contribution in [3.8, 4) is 0 Å². The fraction of sp³-hybridized carbons (Fsp3) is 0.438. The molecule has 0 bridgehead atoms. The lowest BCUT2D eigenvalue weighted by molar-refractivity contribution is -0.140. The summed E-state index contributed by atoms with van der Waals surface area (Å²) >= 11 is 5.00. The van der Waals surface area contributed by atoms with E-state index in [-0.39, 0.29) is 5.97 Å². The van der Waals surface area contributed by atoms with Crippen LogP contribution in [0.15, 0.2) is 42.5 Å². The highest BCUT2D eigenvalue weighted by Crippen LogP contribution is 2.02. The lowest BCUT2D eigenvalue weighted by Gasteiger charge is -2.03. The Kier molecular flexibility index (Phi) is 14.8. The number of alkyl halides is 1. The van der Waals surface area contributed by atoms with Crippen LogP contribution in [0.1, 0.15) is 19.4 Å². The van der Waals surface area contributed by atoms with Crippen LogP contribution in [0.5, 0.6) is 0 Å². The van der Waals surface area contributed by atoms with Crippen molar-refractivity contribution in [1.82, 2.24) is 4.90 Å². The molecule has 0 radical (unpaired) electrons. The van der Waals surface area contributed by atoms with Crippen molar-refractivity contribution in [3.05, 3.63) is 48.0 Å². The number of benzene rings is 1. The van der Waals surface area contributed by atoms with Crippen molar-refractivity contribution in [1.29, 1.82) is 0 Å². The van der Waals surface area contributed by atoms with Gasteiger partial charge in [0, 0.05) is 11.5 Å². The van der Waals surface area contributed by atoms with Crippen LogP contribution in [0.3, 0.4) is 0 Å². The summed E-state index contributed by atoms with van der Waals surface area (Å²) in [6.45, 7) is 7.33. The van der Waals surface area contributed by atoms with Gasteiger partial charge in [0.05, 0.1) is 0 Å². The van der Waals surface area contributed by atoms with Crippen molar-refractivity contribution in [2.45, 2.75) is 20.5 Å². The Labute approximate surface area is 128 Å². The number of ether oxygens (including phenoxy) is 1. The van der Waals surface area contributed by atoms with Gasteiger partial charge in [-0.3, -0.25) is 0 Å². The van der Waals surface area contributed by atoms with Gasteiger partial charge in [0.15, 0.2) is 0 Å². The van der Waals surface area contributed by atoms with E-state index in [0.29, 0.717) is 12.2 Å². The van der Waals surface area contributed by atoms with Gasteiger partial charge in [-0.1, -0.05) is 43.8 Å². The third kappa shape index (κ3) is 16.7. The summed E-state index contributed by atoms with van der Waals surface area (Å²) in [7, 11) is 6.00. The fourth-order valence-corrected chi connectivity index (χ4v) is 0.846. The molecule has 0 amide bonds. The first-order valence-electron chi connectivity index (χ1n) is 6.38. The highest BCUT2D eigenvalue weighted by molar-refractivity contribution is 6.17. The van der Waals surface area contributed by atoms with E-state index in [2.05, 4.69) is 6.58 Å². The van der Waals surface area contributed by atoms with Crippen LogP contribution < -0.4 is 0 Å². The zero-order chi connectivity index (χ0) is 16.0. The molecule has 1 aromatic rings. The molecule has 1 rings (SSSR count). The predicted molar refractivity (Wildman–Crippen MR) is 87.1 cm³/mol. The number of nitrogens with zero attached hydrogens (tertiary/aromatic N) is 1. The van der Waals surface area contributed by atoms with Gasteiger partial charge in [-0.15, -0.1) is 11.6 Å². The molecule has 0 saturated carbocycles. The molecule has 0 aliphatic rings. The van der Waals surface area contributed by atoms with Crippen molar-refractivity contribution in [3.63, 3.8) is 0 Å². The topological polar surface area (TPSA) is 29.5 Å². The number of halogens is 1. The van der Waals surface area contributed by atoms with Crippen LogP contribution in [0.25, 0.3) is 0 Å². The molecule has 0 aliphatic heterocycles. The Hall–Kier alpha value is -1.32. The Bertz CT molecular complexity index is 361. The van der Waals surface area contributed by atoms with E-state index in [4.69, 9.17) is 16.3 Å². The smallest absolute Gasteiger partial charge is 0.333 e. The van der Waals surface area contributed by atoms with E-state index in [1.807, 2.05) is 63.3 Å². The van der Waals surface area contributed by atoms with E-state index in [1.165, 1.54) is 0 Å². The first-order valence-corrected chi connectivity index (χ1v) is 6.92. The van der Waals surface area contributed by atoms with Crippen LogP contribution in [0.2, 0.25) is 0 Å². The first kappa shape index (κ1) is 21.0. The maximum absolute atomic E-state index is 11.0. The molecular weight excluding hydrogens is 274 g/mol.